The summed E-state index contributed by atoms with van der Waals surface area (Å²) < 4.78 is 22.8. The minimum Gasteiger partial charge on any atom is -0.393 e. The van der Waals surface area contributed by atoms with Gasteiger partial charge in [-0.2, -0.15) is 0 Å². The molecule has 9 N–H and O–H groups in total. The number of aliphatic hydroxyl groups is 7. The third kappa shape index (κ3) is 24.8. The molecule has 0 heterocycles. The second-order valence-corrected chi connectivity index (χ2v) is 17.5. The van der Waals surface area contributed by atoms with Gasteiger partial charge in [0.2, 0.25) is 5.91 Å². The summed E-state index contributed by atoms with van der Waals surface area (Å²) in [7, 11) is -5.10. The van der Waals surface area contributed by atoms with E-state index in [9.17, 15) is 50.0 Å². The molecule has 8 unspecified atom stereocenters. The van der Waals surface area contributed by atoms with E-state index in [2.05, 4.69) is 31.3 Å². The number of phosphoric acid groups is 1. The van der Waals surface area contributed by atoms with E-state index < -0.39 is 75.2 Å². The fraction of sp³-hybridized carbons (Fsp3) is 0.929. The number of amides is 1. The lowest BCUT2D eigenvalue weighted by Gasteiger charge is -2.41. The number of carbonyl (C=O) groups excluding carboxylic acids is 1. The molecular formula is C42H82NO12P. The zero-order valence-corrected chi connectivity index (χ0v) is 35.7. The van der Waals surface area contributed by atoms with Gasteiger partial charge in [0.1, 0.15) is 36.6 Å². The Kier molecular flexibility index (Phi) is 31.1. The average Bonchev–Trinajstić information content (AvgIpc) is 3.17. The first kappa shape index (κ1) is 53.1. The lowest BCUT2D eigenvalue weighted by atomic mass is 9.85. The van der Waals surface area contributed by atoms with E-state index in [-0.39, 0.29) is 12.8 Å². The molecule has 1 rings (SSSR count). The minimum absolute atomic E-state index is 0.226. The van der Waals surface area contributed by atoms with Crippen molar-refractivity contribution in [3.63, 3.8) is 0 Å². The quantitative estimate of drug-likeness (QED) is 0.0184. The maximum Gasteiger partial charge on any atom is 0.472 e. The van der Waals surface area contributed by atoms with Gasteiger partial charge in [-0.05, 0) is 38.5 Å². The fourth-order valence-electron chi connectivity index (χ4n) is 7.18. The molecule has 0 bridgehead atoms. The molecule has 14 heteroatoms. The maximum atomic E-state index is 12.9. The van der Waals surface area contributed by atoms with Crippen molar-refractivity contribution < 1.29 is 59.0 Å². The second-order valence-electron chi connectivity index (χ2n) is 16.1. The average molecular weight is 824 g/mol. The molecule has 1 aliphatic rings. The van der Waals surface area contributed by atoms with Crippen molar-refractivity contribution in [2.75, 3.05) is 6.61 Å². The third-order valence-corrected chi connectivity index (χ3v) is 11.9. The van der Waals surface area contributed by atoms with Crippen LogP contribution in [0.5, 0.6) is 0 Å². The standard InChI is InChI=1S/C42H82NO12P/c1-3-5-7-9-11-12-13-14-15-16-17-18-19-20-21-22-24-25-27-29-33(44)31-36(46)43-34(35(45)30-28-26-23-10-8-6-4-2)32-54-56(52,53)55-42-40(50)38(48)37(47)39(49)41(42)51/h18-19,33-35,37-42,44-45,47-51H,3-17,20-32H2,1-2H3,(H,43,46)(H,52,53)/b19-18-. The molecule has 0 aromatic rings. The molecule has 0 aromatic carbocycles. The van der Waals surface area contributed by atoms with Crippen molar-refractivity contribution in [1.29, 1.82) is 0 Å². The van der Waals surface area contributed by atoms with Gasteiger partial charge < -0.3 is 46.0 Å². The van der Waals surface area contributed by atoms with Crippen molar-refractivity contribution in [3.8, 4) is 0 Å². The van der Waals surface area contributed by atoms with Crippen LogP contribution in [0.3, 0.4) is 0 Å². The molecule has 332 valence electrons. The first-order valence-corrected chi connectivity index (χ1v) is 23.7. The molecule has 0 radical (unpaired) electrons. The Labute approximate surface area is 338 Å². The number of hydrogen-bond acceptors (Lipinski definition) is 11. The Morgan fingerprint density at radius 3 is 1.46 bits per heavy atom. The van der Waals surface area contributed by atoms with Crippen LogP contribution in [-0.4, -0.2) is 108 Å². The summed E-state index contributed by atoms with van der Waals surface area (Å²) in [4.78, 5) is 23.3. The molecule has 13 nitrogen and oxygen atoms in total. The maximum absolute atomic E-state index is 12.9. The van der Waals surface area contributed by atoms with E-state index in [1.54, 1.807) is 0 Å². The van der Waals surface area contributed by atoms with Crippen molar-refractivity contribution >= 4 is 13.7 Å². The normalized spacial score (nSPS) is 24.2. The van der Waals surface area contributed by atoms with Crippen LogP contribution in [0.25, 0.3) is 0 Å². The van der Waals surface area contributed by atoms with Crippen LogP contribution in [0.2, 0.25) is 0 Å². The summed E-state index contributed by atoms with van der Waals surface area (Å²) >= 11 is 0. The number of nitrogens with one attached hydrogen (secondary N) is 1. The Morgan fingerprint density at radius 2 is 1.00 bits per heavy atom. The second kappa shape index (κ2) is 32.8. The Bertz CT molecular complexity index is 1020. The molecule has 56 heavy (non-hydrogen) atoms. The zero-order valence-electron chi connectivity index (χ0n) is 34.8. The third-order valence-electron chi connectivity index (χ3n) is 10.9. The molecule has 0 aliphatic heterocycles. The van der Waals surface area contributed by atoms with Crippen molar-refractivity contribution in [3.05, 3.63) is 12.2 Å². The molecule has 0 saturated heterocycles. The van der Waals surface area contributed by atoms with Crippen molar-refractivity contribution in [2.24, 2.45) is 0 Å². The molecule has 1 amide bonds. The predicted octanol–water partition coefficient (Wildman–Crippen LogP) is 6.64. The topological polar surface area (TPSA) is 226 Å². The summed E-state index contributed by atoms with van der Waals surface area (Å²) in [5.74, 6) is -0.568. The highest BCUT2D eigenvalue weighted by Gasteiger charge is 2.51. The van der Waals surface area contributed by atoms with Gasteiger partial charge in [-0.1, -0.05) is 154 Å². The molecule has 0 spiro atoms. The lowest BCUT2D eigenvalue weighted by Crippen LogP contribution is -2.64. The van der Waals surface area contributed by atoms with Gasteiger partial charge >= 0.3 is 7.82 Å². The van der Waals surface area contributed by atoms with E-state index in [0.29, 0.717) is 12.8 Å². The van der Waals surface area contributed by atoms with Gasteiger partial charge in [-0.25, -0.2) is 4.57 Å². The van der Waals surface area contributed by atoms with Crippen LogP contribution in [-0.2, 0) is 18.4 Å². The summed E-state index contributed by atoms with van der Waals surface area (Å²) in [6.07, 6.45) is 18.8. The lowest BCUT2D eigenvalue weighted by molar-refractivity contribution is -0.220. The predicted molar refractivity (Wildman–Crippen MR) is 220 cm³/mol. The van der Waals surface area contributed by atoms with Crippen molar-refractivity contribution in [2.45, 2.75) is 242 Å². The molecule has 1 saturated carbocycles. The summed E-state index contributed by atoms with van der Waals surface area (Å²) in [6, 6.07) is -1.15. The minimum atomic E-state index is -5.10. The molecular weight excluding hydrogens is 741 g/mol. The van der Waals surface area contributed by atoms with E-state index in [1.165, 1.54) is 64.2 Å². The monoisotopic (exact) mass is 824 g/mol. The number of phosphoric ester groups is 1. The number of carbonyl (C=O) groups is 1. The number of hydrogen-bond donors (Lipinski definition) is 9. The van der Waals surface area contributed by atoms with Crippen LogP contribution in [0.1, 0.15) is 187 Å². The highest BCUT2D eigenvalue weighted by atomic mass is 31.2. The Balaban J connectivity index is 2.42. The summed E-state index contributed by atoms with van der Waals surface area (Å²) in [5.41, 5.74) is 0. The SMILES string of the molecule is CCCCCCCCCCCC/C=C\CCCCCCCC(O)CC(=O)NC(COP(=O)(O)OC1C(O)C(O)C(O)C(O)C1O)C(O)CCCCCCCCC. The van der Waals surface area contributed by atoms with Crippen molar-refractivity contribution in [1.82, 2.24) is 5.32 Å². The fourth-order valence-corrected chi connectivity index (χ4v) is 8.15. The molecule has 1 aliphatic carbocycles. The van der Waals surface area contributed by atoms with Gasteiger partial charge in [0.05, 0.1) is 31.3 Å². The summed E-state index contributed by atoms with van der Waals surface area (Å²) in [5, 5.41) is 74.2. The van der Waals surface area contributed by atoms with Crippen LogP contribution < -0.4 is 5.32 Å². The van der Waals surface area contributed by atoms with Gasteiger partial charge in [0.15, 0.2) is 0 Å². The molecule has 0 aromatic heterocycles. The van der Waals surface area contributed by atoms with Crippen LogP contribution >= 0.6 is 7.82 Å². The molecule has 1 fully saturated rings. The first-order chi connectivity index (χ1) is 26.8. The zero-order chi connectivity index (χ0) is 41.6. The summed E-state index contributed by atoms with van der Waals surface area (Å²) in [6.45, 7) is 3.71. The number of allylic oxidation sites excluding steroid dienone is 2. The smallest absolute Gasteiger partial charge is 0.393 e. The van der Waals surface area contributed by atoms with Crippen LogP contribution in [0, 0.1) is 0 Å². The van der Waals surface area contributed by atoms with E-state index >= 15 is 0 Å². The first-order valence-electron chi connectivity index (χ1n) is 22.2. The highest BCUT2D eigenvalue weighted by molar-refractivity contribution is 7.47. The van der Waals surface area contributed by atoms with Gasteiger partial charge in [0.25, 0.3) is 0 Å². The largest absolute Gasteiger partial charge is 0.472 e. The number of rotatable bonds is 36. The Hall–Kier alpha value is -0.960. The van der Waals surface area contributed by atoms with E-state index in [0.717, 1.165) is 83.5 Å². The van der Waals surface area contributed by atoms with Gasteiger partial charge in [-0.3, -0.25) is 13.8 Å². The van der Waals surface area contributed by atoms with Gasteiger partial charge in [0, 0.05) is 0 Å². The number of unbranched alkanes of at least 4 members (excludes halogenated alkanes) is 21. The van der Waals surface area contributed by atoms with E-state index in [1.807, 2.05) is 0 Å². The molecule has 8 atom stereocenters. The highest BCUT2D eigenvalue weighted by Crippen LogP contribution is 2.47. The number of aliphatic hydroxyl groups excluding tert-OH is 7. The van der Waals surface area contributed by atoms with Crippen LogP contribution in [0.15, 0.2) is 12.2 Å². The van der Waals surface area contributed by atoms with Gasteiger partial charge in [-0.15, -0.1) is 0 Å². The van der Waals surface area contributed by atoms with Crippen LogP contribution in [0.4, 0.5) is 0 Å². The Morgan fingerprint density at radius 1 is 0.607 bits per heavy atom. The van der Waals surface area contributed by atoms with E-state index in [4.69, 9.17) is 9.05 Å².